The minimum absolute atomic E-state index is 0.0205. The van der Waals surface area contributed by atoms with Crippen molar-refractivity contribution in [3.63, 3.8) is 0 Å². The highest BCUT2D eigenvalue weighted by molar-refractivity contribution is 5.49. The second kappa shape index (κ2) is 5.11. The molecule has 1 atom stereocenters. The first-order valence-corrected chi connectivity index (χ1v) is 5.42. The van der Waals surface area contributed by atoms with Gasteiger partial charge in [0, 0.05) is 6.07 Å². The van der Waals surface area contributed by atoms with E-state index >= 15 is 0 Å². The molecule has 18 heavy (non-hydrogen) atoms. The van der Waals surface area contributed by atoms with Crippen molar-refractivity contribution in [2.75, 3.05) is 0 Å². The van der Waals surface area contributed by atoms with Gasteiger partial charge < -0.3 is 0 Å². The lowest BCUT2D eigenvalue weighted by Crippen LogP contribution is -2.02. The molecular weight excluding hydrogens is 228 g/mol. The summed E-state index contributed by atoms with van der Waals surface area (Å²) in [5.74, 6) is -0.618. The molecule has 0 aliphatic rings. The SMILES string of the molecule is N#CC(c1ccccc1)c1ccccc1[N+](=O)[O-]. The van der Waals surface area contributed by atoms with E-state index < -0.39 is 10.8 Å². The summed E-state index contributed by atoms with van der Waals surface area (Å²) in [5.41, 5.74) is 1.17. The lowest BCUT2D eigenvalue weighted by atomic mass is 9.91. The van der Waals surface area contributed by atoms with Crippen LogP contribution in [-0.2, 0) is 0 Å². The second-order valence-electron chi connectivity index (χ2n) is 3.79. The zero-order valence-corrected chi connectivity index (χ0v) is 9.48. The van der Waals surface area contributed by atoms with Crippen molar-refractivity contribution >= 4 is 5.69 Å². The number of para-hydroxylation sites is 1. The number of hydrogen-bond donors (Lipinski definition) is 0. The van der Waals surface area contributed by atoms with Crippen LogP contribution < -0.4 is 0 Å². The molecule has 0 amide bonds. The van der Waals surface area contributed by atoms with Crippen LogP contribution in [0.1, 0.15) is 17.0 Å². The fourth-order valence-corrected chi connectivity index (χ4v) is 1.87. The zero-order valence-electron chi connectivity index (χ0n) is 9.48. The van der Waals surface area contributed by atoms with Crippen LogP contribution in [0.4, 0.5) is 5.69 Å². The van der Waals surface area contributed by atoms with Crippen LogP contribution in [-0.4, -0.2) is 4.92 Å². The largest absolute Gasteiger partial charge is 0.274 e. The predicted molar refractivity (Wildman–Crippen MR) is 67.0 cm³/mol. The maximum absolute atomic E-state index is 11.0. The molecule has 1 unspecified atom stereocenters. The molecule has 0 N–H and O–H groups in total. The Bertz CT molecular complexity index is 603. The number of nitro groups is 1. The van der Waals surface area contributed by atoms with Crippen molar-refractivity contribution < 1.29 is 4.92 Å². The first-order chi connectivity index (χ1) is 8.74. The van der Waals surface area contributed by atoms with E-state index in [2.05, 4.69) is 6.07 Å². The molecular formula is C14H10N2O2. The van der Waals surface area contributed by atoms with Crippen molar-refractivity contribution in [1.82, 2.24) is 0 Å². The van der Waals surface area contributed by atoms with Crippen molar-refractivity contribution in [3.05, 3.63) is 75.8 Å². The molecule has 0 heterocycles. The summed E-state index contributed by atoms with van der Waals surface area (Å²) in [6, 6.07) is 17.5. The van der Waals surface area contributed by atoms with Gasteiger partial charge in [-0.3, -0.25) is 10.1 Å². The van der Waals surface area contributed by atoms with E-state index in [0.29, 0.717) is 5.56 Å². The summed E-state index contributed by atoms with van der Waals surface area (Å²) in [6.07, 6.45) is 0. The summed E-state index contributed by atoms with van der Waals surface area (Å²) < 4.78 is 0. The number of hydrogen-bond acceptors (Lipinski definition) is 3. The standard InChI is InChI=1S/C14H10N2O2/c15-10-13(11-6-2-1-3-7-11)12-8-4-5-9-14(12)16(17)18/h1-9,13H. The molecule has 0 radical (unpaired) electrons. The molecule has 2 rings (SSSR count). The lowest BCUT2D eigenvalue weighted by Gasteiger charge is -2.09. The number of nitrogens with zero attached hydrogens (tertiary/aromatic N) is 2. The van der Waals surface area contributed by atoms with Gasteiger partial charge in [-0.25, -0.2) is 0 Å². The Morgan fingerprint density at radius 2 is 1.67 bits per heavy atom. The van der Waals surface area contributed by atoms with Crippen LogP contribution in [0.3, 0.4) is 0 Å². The Balaban J connectivity index is 2.54. The maximum Gasteiger partial charge on any atom is 0.274 e. The van der Waals surface area contributed by atoms with Crippen LogP contribution in [0.5, 0.6) is 0 Å². The van der Waals surface area contributed by atoms with Crippen LogP contribution in [0.15, 0.2) is 54.6 Å². The van der Waals surface area contributed by atoms with Gasteiger partial charge in [0.1, 0.15) is 5.92 Å². The van der Waals surface area contributed by atoms with E-state index in [1.54, 1.807) is 30.3 Å². The highest BCUT2D eigenvalue weighted by Crippen LogP contribution is 2.30. The fourth-order valence-electron chi connectivity index (χ4n) is 1.87. The van der Waals surface area contributed by atoms with Crippen molar-refractivity contribution in [3.8, 4) is 6.07 Å². The van der Waals surface area contributed by atoms with Crippen LogP contribution in [0.25, 0.3) is 0 Å². The second-order valence-corrected chi connectivity index (χ2v) is 3.79. The Kier molecular flexibility index (Phi) is 3.35. The van der Waals surface area contributed by atoms with E-state index in [0.717, 1.165) is 5.56 Å². The number of nitriles is 1. The smallest absolute Gasteiger partial charge is 0.258 e. The Morgan fingerprint density at radius 3 is 2.28 bits per heavy atom. The predicted octanol–water partition coefficient (Wildman–Crippen LogP) is 3.25. The van der Waals surface area contributed by atoms with E-state index in [9.17, 15) is 15.4 Å². The molecule has 88 valence electrons. The molecule has 0 fully saturated rings. The molecule has 0 aliphatic heterocycles. The first kappa shape index (κ1) is 11.8. The minimum atomic E-state index is -0.618. The highest BCUT2D eigenvalue weighted by atomic mass is 16.6. The topological polar surface area (TPSA) is 66.9 Å². The molecule has 0 aliphatic carbocycles. The van der Waals surface area contributed by atoms with Gasteiger partial charge in [-0.05, 0) is 5.56 Å². The summed E-state index contributed by atoms with van der Waals surface area (Å²) in [6.45, 7) is 0. The average molecular weight is 238 g/mol. The van der Waals surface area contributed by atoms with Gasteiger partial charge >= 0.3 is 0 Å². The third kappa shape index (κ3) is 2.20. The molecule has 0 bridgehead atoms. The summed E-state index contributed by atoms with van der Waals surface area (Å²) in [7, 11) is 0. The molecule has 0 spiro atoms. The highest BCUT2D eigenvalue weighted by Gasteiger charge is 2.22. The molecule has 2 aromatic rings. The van der Waals surface area contributed by atoms with Crippen molar-refractivity contribution in [2.45, 2.75) is 5.92 Å². The average Bonchev–Trinajstić information content (AvgIpc) is 2.41. The van der Waals surface area contributed by atoms with Crippen LogP contribution >= 0.6 is 0 Å². The molecule has 4 nitrogen and oxygen atoms in total. The van der Waals surface area contributed by atoms with Gasteiger partial charge in [-0.2, -0.15) is 5.26 Å². The summed E-state index contributed by atoms with van der Waals surface area (Å²) in [5, 5.41) is 20.2. The van der Waals surface area contributed by atoms with Gasteiger partial charge in [0.25, 0.3) is 5.69 Å². The van der Waals surface area contributed by atoms with Crippen molar-refractivity contribution in [2.24, 2.45) is 0 Å². The summed E-state index contributed by atoms with van der Waals surface area (Å²) >= 11 is 0. The monoisotopic (exact) mass is 238 g/mol. The quantitative estimate of drug-likeness (QED) is 0.608. The Labute approximate surface area is 104 Å². The van der Waals surface area contributed by atoms with Crippen LogP contribution in [0, 0.1) is 21.4 Å². The lowest BCUT2D eigenvalue weighted by molar-refractivity contribution is -0.385. The maximum atomic E-state index is 11.0. The number of nitro benzene ring substituents is 1. The minimum Gasteiger partial charge on any atom is -0.258 e. The Hall–Kier alpha value is -2.67. The molecule has 0 saturated carbocycles. The fraction of sp³-hybridized carbons (Fsp3) is 0.0714. The van der Waals surface area contributed by atoms with Crippen molar-refractivity contribution in [1.29, 1.82) is 5.26 Å². The summed E-state index contributed by atoms with van der Waals surface area (Å²) in [4.78, 5) is 10.5. The first-order valence-electron chi connectivity index (χ1n) is 5.42. The third-order valence-electron chi connectivity index (χ3n) is 2.71. The van der Waals surface area contributed by atoms with Gasteiger partial charge in [0.2, 0.25) is 0 Å². The van der Waals surface area contributed by atoms with E-state index in [1.165, 1.54) is 6.07 Å². The van der Waals surface area contributed by atoms with E-state index in [-0.39, 0.29) is 5.69 Å². The molecule has 4 heteroatoms. The number of rotatable bonds is 3. The number of benzene rings is 2. The molecule has 0 aromatic heterocycles. The molecule has 2 aromatic carbocycles. The van der Waals surface area contributed by atoms with E-state index in [1.807, 2.05) is 18.2 Å². The van der Waals surface area contributed by atoms with Crippen LogP contribution in [0.2, 0.25) is 0 Å². The van der Waals surface area contributed by atoms with Gasteiger partial charge in [0.15, 0.2) is 0 Å². The molecule has 0 saturated heterocycles. The van der Waals surface area contributed by atoms with Gasteiger partial charge in [-0.15, -0.1) is 0 Å². The normalized spacial score (nSPS) is 11.5. The third-order valence-corrected chi connectivity index (χ3v) is 2.71. The van der Waals surface area contributed by atoms with E-state index in [4.69, 9.17) is 0 Å². The van der Waals surface area contributed by atoms with Gasteiger partial charge in [-0.1, -0.05) is 48.5 Å². The van der Waals surface area contributed by atoms with Gasteiger partial charge in [0.05, 0.1) is 16.6 Å². The zero-order chi connectivity index (χ0) is 13.0. The Morgan fingerprint density at radius 1 is 1.06 bits per heavy atom.